The zero-order chi connectivity index (χ0) is 19.6. The number of fused-ring (bicyclic) bond motifs is 2. The van der Waals surface area contributed by atoms with Crippen LogP contribution in [0.1, 0.15) is 40.5 Å². The van der Waals surface area contributed by atoms with E-state index in [0.717, 1.165) is 35.5 Å². The summed E-state index contributed by atoms with van der Waals surface area (Å²) in [5.41, 5.74) is 4.02. The molecule has 0 saturated heterocycles. The first-order valence-electron chi connectivity index (χ1n) is 9.87. The Morgan fingerprint density at radius 3 is 2.79 bits per heavy atom. The molecular weight excluding hydrogens is 378 g/mol. The number of aryl methyl sites for hydroxylation is 1. The Morgan fingerprint density at radius 2 is 1.83 bits per heavy atom. The molecule has 1 aliphatic rings. The Balaban J connectivity index is 1.33. The predicted molar refractivity (Wildman–Crippen MR) is 119 cm³/mol. The Labute approximate surface area is 173 Å². The van der Waals surface area contributed by atoms with E-state index >= 15 is 0 Å². The third kappa shape index (κ3) is 3.61. The van der Waals surface area contributed by atoms with Gasteiger partial charge >= 0.3 is 0 Å². The summed E-state index contributed by atoms with van der Waals surface area (Å²) >= 11 is 1.45. The number of carbonyl (C=O) groups excluding carboxylic acids is 1. The van der Waals surface area contributed by atoms with E-state index in [1.54, 1.807) is 0 Å². The molecule has 1 unspecified atom stereocenters. The molecule has 1 atom stereocenters. The van der Waals surface area contributed by atoms with Crippen molar-refractivity contribution in [3.05, 3.63) is 88.9 Å². The normalized spacial score (nSPS) is 15.7. The highest BCUT2D eigenvalue weighted by atomic mass is 32.1. The number of amides is 1. The summed E-state index contributed by atoms with van der Waals surface area (Å²) in [6.07, 6.45) is 3.14. The Bertz CT molecular complexity index is 1180. The number of hydrogen-bond donors (Lipinski definition) is 2. The quantitative estimate of drug-likeness (QED) is 0.453. The summed E-state index contributed by atoms with van der Waals surface area (Å²) in [6, 6.07) is 22.8. The Kier molecular flexibility index (Phi) is 4.74. The summed E-state index contributed by atoms with van der Waals surface area (Å²) in [7, 11) is 0. The number of hydrogen-bond acceptors (Lipinski definition) is 4. The van der Waals surface area contributed by atoms with Gasteiger partial charge in [0.25, 0.3) is 5.91 Å². The standard InChI is InChI=1S/C24H21N3OS/c28-23(25-20-13-5-9-16-7-1-3-11-18(16)20)22-15-29-24(27-22)26-21-14-6-10-17-8-2-4-12-19(17)21/h1-4,6-8,10-12,14-15,20H,5,9,13H2,(H,25,28)(H,26,27). The first-order valence-corrected chi connectivity index (χ1v) is 10.7. The van der Waals surface area contributed by atoms with Crippen LogP contribution in [0.25, 0.3) is 10.8 Å². The van der Waals surface area contributed by atoms with Gasteiger partial charge in [0, 0.05) is 16.5 Å². The van der Waals surface area contributed by atoms with Crippen LogP contribution in [0.3, 0.4) is 0 Å². The van der Waals surface area contributed by atoms with E-state index in [-0.39, 0.29) is 11.9 Å². The van der Waals surface area contributed by atoms with Gasteiger partial charge in [-0.1, -0.05) is 60.7 Å². The molecule has 1 aliphatic carbocycles. The van der Waals surface area contributed by atoms with Crippen LogP contribution < -0.4 is 10.6 Å². The second-order valence-corrected chi connectivity index (χ2v) is 8.16. The molecule has 2 N–H and O–H groups in total. The van der Waals surface area contributed by atoms with Crippen LogP contribution in [0.15, 0.2) is 72.1 Å². The number of nitrogens with zero attached hydrogens (tertiary/aromatic N) is 1. The number of rotatable bonds is 4. The first kappa shape index (κ1) is 17.9. The third-order valence-corrected chi connectivity index (χ3v) is 6.20. The summed E-state index contributed by atoms with van der Waals surface area (Å²) < 4.78 is 0. The molecule has 1 aromatic heterocycles. The van der Waals surface area contributed by atoms with Gasteiger partial charge in [-0.05, 0) is 41.8 Å². The predicted octanol–water partition coefficient (Wildman–Crippen LogP) is 5.85. The monoisotopic (exact) mass is 399 g/mol. The van der Waals surface area contributed by atoms with Gasteiger partial charge in [0.1, 0.15) is 5.69 Å². The molecule has 0 spiro atoms. The van der Waals surface area contributed by atoms with Crippen LogP contribution in [0.5, 0.6) is 0 Å². The number of carbonyl (C=O) groups is 1. The molecule has 0 radical (unpaired) electrons. The van der Waals surface area contributed by atoms with Crippen molar-refractivity contribution in [2.45, 2.75) is 25.3 Å². The van der Waals surface area contributed by atoms with Crippen molar-refractivity contribution >= 4 is 38.8 Å². The average molecular weight is 400 g/mol. The highest BCUT2D eigenvalue weighted by molar-refractivity contribution is 7.14. The maximum Gasteiger partial charge on any atom is 0.271 e. The average Bonchev–Trinajstić information content (AvgIpc) is 3.23. The van der Waals surface area contributed by atoms with Gasteiger partial charge in [0.05, 0.1) is 6.04 Å². The summed E-state index contributed by atoms with van der Waals surface area (Å²) in [5.74, 6) is -0.117. The van der Waals surface area contributed by atoms with E-state index in [9.17, 15) is 4.79 Å². The molecule has 0 bridgehead atoms. The highest BCUT2D eigenvalue weighted by Crippen LogP contribution is 2.31. The van der Waals surface area contributed by atoms with E-state index in [1.807, 2.05) is 35.7 Å². The largest absolute Gasteiger partial charge is 0.344 e. The Morgan fingerprint density at radius 1 is 1.00 bits per heavy atom. The second kappa shape index (κ2) is 7.68. The van der Waals surface area contributed by atoms with Crippen molar-refractivity contribution in [1.82, 2.24) is 10.3 Å². The molecular formula is C24H21N3OS. The fourth-order valence-electron chi connectivity index (χ4n) is 4.02. The number of anilines is 2. The summed E-state index contributed by atoms with van der Waals surface area (Å²) in [5, 5.41) is 11.4. The van der Waals surface area contributed by atoms with E-state index in [0.29, 0.717) is 5.69 Å². The number of nitrogens with one attached hydrogen (secondary N) is 2. The Hall–Kier alpha value is -3.18. The fourth-order valence-corrected chi connectivity index (χ4v) is 4.72. The maximum absolute atomic E-state index is 12.8. The minimum Gasteiger partial charge on any atom is -0.344 e. The molecule has 0 aliphatic heterocycles. The number of aromatic nitrogens is 1. The summed E-state index contributed by atoms with van der Waals surface area (Å²) in [6.45, 7) is 0. The van der Waals surface area contributed by atoms with Crippen LogP contribution in [-0.4, -0.2) is 10.9 Å². The van der Waals surface area contributed by atoms with Crippen LogP contribution in [-0.2, 0) is 6.42 Å². The van der Waals surface area contributed by atoms with Crippen molar-refractivity contribution in [2.75, 3.05) is 5.32 Å². The van der Waals surface area contributed by atoms with Crippen LogP contribution in [0, 0.1) is 0 Å². The fraction of sp³-hybridized carbons (Fsp3) is 0.167. The molecule has 0 fully saturated rings. The minimum absolute atomic E-state index is 0.0589. The van der Waals surface area contributed by atoms with Crippen LogP contribution >= 0.6 is 11.3 Å². The molecule has 5 heteroatoms. The van der Waals surface area contributed by atoms with Gasteiger partial charge in [-0.2, -0.15) is 0 Å². The zero-order valence-corrected chi connectivity index (χ0v) is 16.7. The number of thiazole rings is 1. The van der Waals surface area contributed by atoms with Gasteiger partial charge < -0.3 is 10.6 Å². The lowest BCUT2D eigenvalue weighted by molar-refractivity contribution is 0.0928. The first-order chi connectivity index (χ1) is 14.3. The van der Waals surface area contributed by atoms with Crippen molar-refractivity contribution in [2.24, 2.45) is 0 Å². The molecule has 1 heterocycles. The molecule has 4 aromatic rings. The van der Waals surface area contributed by atoms with E-state index < -0.39 is 0 Å². The van der Waals surface area contributed by atoms with Gasteiger partial charge in [-0.3, -0.25) is 4.79 Å². The maximum atomic E-state index is 12.8. The van der Waals surface area contributed by atoms with Gasteiger partial charge in [-0.15, -0.1) is 11.3 Å². The number of benzene rings is 3. The van der Waals surface area contributed by atoms with Crippen LogP contribution in [0.4, 0.5) is 10.8 Å². The van der Waals surface area contributed by atoms with Gasteiger partial charge in [0.2, 0.25) is 0 Å². The minimum atomic E-state index is -0.117. The molecule has 1 amide bonds. The van der Waals surface area contributed by atoms with E-state index in [4.69, 9.17) is 0 Å². The second-order valence-electron chi connectivity index (χ2n) is 7.31. The lowest BCUT2D eigenvalue weighted by Gasteiger charge is -2.26. The molecule has 144 valence electrons. The zero-order valence-electron chi connectivity index (χ0n) is 15.9. The van der Waals surface area contributed by atoms with Gasteiger partial charge in [-0.25, -0.2) is 4.98 Å². The molecule has 0 saturated carbocycles. The third-order valence-electron chi connectivity index (χ3n) is 5.44. The molecule has 5 rings (SSSR count). The lowest BCUT2D eigenvalue weighted by Crippen LogP contribution is -2.31. The SMILES string of the molecule is O=C(NC1CCCc2ccccc21)c1csc(Nc2cccc3ccccc23)n1. The lowest BCUT2D eigenvalue weighted by atomic mass is 9.88. The highest BCUT2D eigenvalue weighted by Gasteiger charge is 2.23. The molecule has 29 heavy (non-hydrogen) atoms. The van der Waals surface area contributed by atoms with Crippen LogP contribution in [0.2, 0.25) is 0 Å². The summed E-state index contributed by atoms with van der Waals surface area (Å²) in [4.78, 5) is 17.3. The van der Waals surface area contributed by atoms with E-state index in [1.165, 1.54) is 27.8 Å². The molecule has 3 aromatic carbocycles. The van der Waals surface area contributed by atoms with Crippen molar-refractivity contribution < 1.29 is 4.79 Å². The van der Waals surface area contributed by atoms with E-state index in [2.05, 4.69) is 52.0 Å². The topological polar surface area (TPSA) is 54.0 Å². The van der Waals surface area contributed by atoms with Crippen molar-refractivity contribution in [3.63, 3.8) is 0 Å². The molecule has 4 nitrogen and oxygen atoms in total. The smallest absolute Gasteiger partial charge is 0.271 e. The van der Waals surface area contributed by atoms with Crippen molar-refractivity contribution in [3.8, 4) is 0 Å². The van der Waals surface area contributed by atoms with Crippen molar-refractivity contribution in [1.29, 1.82) is 0 Å². The van der Waals surface area contributed by atoms with Gasteiger partial charge in [0.15, 0.2) is 5.13 Å².